The summed E-state index contributed by atoms with van der Waals surface area (Å²) in [6.07, 6.45) is 12.6. The summed E-state index contributed by atoms with van der Waals surface area (Å²) in [5, 5.41) is 51.5. The predicted molar refractivity (Wildman–Crippen MR) is 416 cm³/mol. The van der Waals surface area contributed by atoms with Crippen molar-refractivity contribution in [3.63, 3.8) is 0 Å². The number of anilines is 5. The third-order valence-corrected chi connectivity index (χ3v) is 19.8. The van der Waals surface area contributed by atoms with Crippen LogP contribution in [0.4, 0.5) is 41.6 Å². The molecule has 0 bridgehead atoms. The van der Waals surface area contributed by atoms with Gasteiger partial charge in [0.15, 0.2) is 17.1 Å². The first-order valence-corrected chi connectivity index (χ1v) is 37.2. The molecule has 4 aromatic carbocycles. The number of alkyl halides is 3. The molecule has 1 saturated heterocycles. The highest BCUT2D eigenvalue weighted by Gasteiger charge is 2.34. The highest BCUT2D eigenvalue weighted by molar-refractivity contribution is 6.08. The van der Waals surface area contributed by atoms with Gasteiger partial charge in [-0.2, -0.15) is 0 Å². The summed E-state index contributed by atoms with van der Waals surface area (Å²) in [7, 11) is 7.18. The molecule has 28 nitrogen and oxygen atoms in total. The minimum atomic E-state index is -0.976. The first-order chi connectivity index (χ1) is 54.0. The summed E-state index contributed by atoms with van der Waals surface area (Å²) >= 11 is 0. The van der Waals surface area contributed by atoms with Gasteiger partial charge in [0.25, 0.3) is 23.6 Å². The Labute approximate surface area is 642 Å². The number of carbonyl (C=O) groups is 4. The zero-order chi connectivity index (χ0) is 78.7. The smallest absolute Gasteiger partial charge is 0.278 e. The van der Waals surface area contributed by atoms with E-state index in [-0.39, 0.29) is 46.2 Å². The lowest BCUT2D eigenvalue weighted by molar-refractivity contribution is -0.0902. The number of rotatable bonds is 16. The molecule has 8 aromatic heterocycles. The minimum Gasteiger partial charge on any atom is -0.505 e. The number of amides is 4. The van der Waals surface area contributed by atoms with E-state index in [0.29, 0.717) is 103 Å². The molecular weight excluding hydrogens is 1440 g/mol. The van der Waals surface area contributed by atoms with Crippen LogP contribution in [-0.4, -0.2) is 148 Å². The van der Waals surface area contributed by atoms with Crippen molar-refractivity contribution in [2.24, 2.45) is 28.2 Å². The second-order valence-corrected chi connectivity index (χ2v) is 28.6. The van der Waals surface area contributed by atoms with Crippen LogP contribution in [0.2, 0.25) is 0 Å². The van der Waals surface area contributed by atoms with Crippen LogP contribution in [0.5, 0.6) is 35.0 Å². The largest absolute Gasteiger partial charge is 0.505 e. The lowest BCUT2D eigenvalue weighted by Crippen LogP contribution is -2.39. The van der Waals surface area contributed by atoms with Crippen molar-refractivity contribution < 1.29 is 66.2 Å². The quantitative estimate of drug-likeness (QED) is 0.0472. The van der Waals surface area contributed by atoms with Gasteiger partial charge in [-0.05, 0) is 193 Å². The van der Waals surface area contributed by atoms with E-state index in [2.05, 4.69) is 75.4 Å². The number of halogens is 3. The molecule has 12 aromatic rings. The summed E-state index contributed by atoms with van der Waals surface area (Å²) in [5.74, 6) is -0.202. The Morgan fingerprint density at radius 3 is 1.14 bits per heavy atom. The highest BCUT2D eigenvalue weighted by atomic mass is 19.1. The van der Waals surface area contributed by atoms with Crippen molar-refractivity contribution in [1.82, 2.24) is 59.1 Å². The number of nitrogen functional groups attached to an aromatic ring is 1. The number of pyridine rings is 4. The summed E-state index contributed by atoms with van der Waals surface area (Å²) in [6, 6.07) is 35.9. The molecule has 584 valence electrons. The number of carbonyl (C=O) groups excluding carboxylic acids is 4. The lowest BCUT2D eigenvalue weighted by Gasteiger charge is -2.35. The van der Waals surface area contributed by atoms with E-state index in [1.165, 1.54) is 30.7 Å². The first-order valence-electron chi connectivity index (χ1n) is 37.2. The second kappa shape index (κ2) is 34.7. The number of aromatic nitrogens is 12. The normalized spacial score (nSPS) is 19.3. The predicted octanol–water partition coefficient (Wildman–Crippen LogP) is 14.2. The van der Waals surface area contributed by atoms with Crippen LogP contribution in [0, 0.1) is 0 Å². The Morgan fingerprint density at radius 1 is 0.438 bits per heavy atom. The molecule has 4 amide bonds. The zero-order valence-corrected chi connectivity index (χ0v) is 62.7. The van der Waals surface area contributed by atoms with Gasteiger partial charge in [-0.1, -0.05) is 25.3 Å². The number of aromatic hydroxyl groups is 2. The monoisotopic (exact) mass is 1530 g/mol. The number of nitrogens with zero attached hydrogens (tertiary/aromatic N) is 12. The third kappa shape index (κ3) is 18.5. The molecule has 16 rings (SSSR count). The van der Waals surface area contributed by atoms with Crippen molar-refractivity contribution in [3.05, 3.63) is 175 Å². The number of ether oxygens (including phenoxy) is 5. The number of hydrogen-bond acceptors (Lipinski definition) is 20. The molecule has 4 fully saturated rings. The number of benzene rings is 4. The molecule has 1 aliphatic heterocycles. The molecule has 31 heteroatoms. The number of aryl methyl sites for hydroxylation is 4. The fourth-order valence-electron chi connectivity index (χ4n) is 14.0. The molecule has 7 atom stereocenters. The van der Waals surface area contributed by atoms with Gasteiger partial charge in [0.1, 0.15) is 60.1 Å². The maximum absolute atomic E-state index is 14.1. The van der Waals surface area contributed by atoms with E-state index in [9.17, 15) is 42.6 Å². The standard InChI is InChI=1S/C21H24N4O4.C20H22FN5O2.C20H21FN4O3.C20H21FN4O2/c1-21(2)12-14(8-10-28-21)29-20-15-7-6-13(11-16(15)25(3)24-20)23-19(27)18-17(26)5-4-9-22-18;1-26-16-11-12(24-19(27)18-15(22)6-4-10-23-18)8-9-13(16)20(25-26)28-17-7-3-2-5-14(17)21;1-25-15-11-12(23-19(27)18-16(26)6-4-10-22-18)8-9-13(15)20(24-25)28-17-7-3-2-5-14(17)21;1-25-17-12-13(23-19(26)16-7-4-5-11-22-16)9-10-14(17)20(24-25)27-18-8-3-2-6-15(18)21/h4-7,9,11,14,26H,8,10,12H2,1-3H3,(H,23,27);4,6,8-11,14,17H,2-3,5,7,22H2,1H3,(H,24,27);4,6,8-11,14,17,26H,2-3,5,7H2,1H3,(H,23,27);4-5,7,9-12,15,18H,2-3,6,8H2,1H3,(H,23,26). The van der Waals surface area contributed by atoms with Gasteiger partial charge < -0.3 is 60.9 Å². The minimum absolute atomic E-state index is 0.0243. The first kappa shape index (κ1) is 77.7. The van der Waals surface area contributed by atoms with Crippen LogP contribution in [-0.2, 0) is 32.9 Å². The Hall–Kier alpha value is -12.4. The molecule has 4 aliphatic rings. The van der Waals surface area contributed by atoms with Gasteiger partial charge in [-0.3, -0.25) is 42.9 Å². The van der Waals surface area contributed by atoms with E-state index >= 15 is 0 Å². The average molecular weight is 1530 g/mol. The van der Waals surface area contributed by atoms with Crippen LogP contribution in [0.3, 0.4) is 0 Å². The molecule has 0 spiro atoms. The summed E-state index contributed by atoms with van der Waals surface area (Å²) in [6.45, 7) is 4.79. The van der Waals surface area contributed by atoms with Gasteiger partial charge >= 0.3 is 0 Å². The highest BCUT2D eigenvalue weighted by Crippen LogP contribution is 2.38. The zero-order valence-electron chi connectivity index (χ0n) is 62.7. The number of fused-ring (bicyclic) bond motifs is 4. The molecular formula is C81H88F3N17O11. The van der Waals surface area contributed by atoms with Gasteiger partial charge in [-0.25, -0.2) is 28.1 Å². The molecule has 7 unspecified atom stereocenters. The van der Waals surface area contributed by atoms with E-state index in [1.54, 1.807) is 131 Å². The Bertz CT molecular complexity index is 5200. The van der Waals surface area contributed by atoms with Crippen LogP contribution >= 0.6 is 0 Å². The Balaban J connectivity index is 0.000000131. The van der Waals surface area contributed by atoms with Crippen LogP contribution in [0.15, 0.2) is 152 Å². The van der Waals surface area contributed by atoms with E-state index in [1.807, 2.05) is 37.4 Å². The number of nitrogens with two attached hydrogens (primary N) is 1. The van der Waals surface area contributed by atoms with Crippen molar-refractivity contribution in [2.45, 2.75) is 152 Å². The number of nitrogens with one attached hydrogen (secondary N) is 4. The van der Waals surface area contributed by atoms with Crippen molar-refractivity contribution in [3.8, 4) is 35.0 Å². The van der Waals surface area contributed by atoms with E-state index < -0.39 is 54.5 Å². The second-order valence-electron chi connectivity index (χ2n) is 28.6. The topological polar surface area (TPSA) is 352 Å². The Morgan fingerprint density at radius 2 is 0.786 bits per heavy atom. The van der Waals surface area contributed by atoms with Crippen molar-refractivity contribution in [1.29, 1.82) is 0 Å². The van der Waals surface area contributed by atoms with Gasteiger partial charge in [0.2, 0.25) is 23.5 Å². The van der Waals surface area contributed by atoms with Gasteiger partial charge in [-0.15, -0.1) is 20.4 Å². The molecule has 8 N–H and O–H groups in total. The average Bonchev–Trinajstić information content (AvgIpc) is 1.66. The van der Waals surface area contributed by atoms with Crippen molar-refractivity contribution in [2.75, 3.05) is 33.6 Å². The summed E-state index contributed by atoms with van der Waals surface area (Å²) < 4.78 is 78.6. The summed E-state index contributed by atoms with van der Waals surface area (Å²) in [4.78, 5) is 65.3. The molecule has 3 saturated carbocycles. The Kier molecular flexibility index (Phi) is 24.1. The van der Waals surface area contributed by atoms with Crippen LogP contribution in [0.1, 0.15) is 146 Å². The maximum Gasteiger partial charge on any atom is 0.278 e. The number of hydrogen-bond donors (Lipinski definition) is 7. The van der Waals surface area contributed by atoms with Crippen LogP contribution in [0.25, 0.3) is 43.6 Å². The molecule has 0 radical (unpaired) electrons. The molecule has 9 heterocycles. The lowest BCUT2D eigenvalue weighted by atomic mass is 9.96. The van der Waals surface area contributed by atoms with Crippen LogP contribution < -0.4 is 45.9 Å². The summed E-state index contributed by atoms with van der Waals surface area (Å²) in [5.41, 5.74) is 11.8. The SMILES string of the molecule is Cn1nc(OC2CCCCC2F)c2ccc(NC(=O)c3ccccn3)cc21.Cn1nc(OC2CCCCC2F)c2ccc(NC(=O)c3ncccc3N)cc21.Cn1nc(OC2CCCCC2F)c2ccc(NC(=O)c3ncccc3O)cc21.Cn1nc(OC2CCOC(C)(C)C2)c2ccc(NC(=O)c3ncccc3O)cc21. The van der Waals surface area contributed by atoms with E-state index in [4.69, 9.17) is 29.4 Å². The third-order valence-electron chi connectivity index (χ3n) is 19.8. The fourth-order valence-corrected chi connectivity index (χ4v) is 14.0. The fraction of sp³-hybridized carbons (Fsp3) is 0.358. The maximum atomic E-state index is 14.1. The molecule has 112 heavy (non-hydrogen) atoms. The van der Waals surface area contributed by atoms with Crippen molar-refractivity contribution >= 4 is 95.7 Å². The molecule has 3 aliphatic carbocycles. The van der Waals surface area contributed by atoms with E-state index in [0.717, 1.165) is 95.0 Å². The van der Waals surface area contributed by atoms with Gasteiger partial charge in [0, 0.05) is 88.6 Å². The van der Waals surface area contributed by atoms with Gasteiger partial charge in [0.05, 0.1) is 61.5 Å².